The average Bonchev–Trinajstić information content (AvgIpc) is 2.81. The average molecular weight is 321 g/mol. The number of fused-ring (bicyclic) bond motifs is 1. The summed E-state index contributed by atoms with van der Waals surface area (Å²) in [6.45, 7) is 4.34. The van der Waals surface area contributed by atoms with Crippen LogP contribution in [0, 0.1) is 13.8 Å². The van der Waals surface area contributed by atoms with E-state index < -0.39 is 0 Å². The van der Waals surface area contributed by atoms with E-state index in [2.05, 4.69) is 26.2 Å². The van der Waals surface area contributed by atoms with E-state index in [1.54, 1.807) is 6.20 Å². The van der Waals surface area contributed by atoms with Crippen LogP contribution in [0.2, 0.25) is 0 Å². The lowest BCUT2D eigenvalue weighted by atomic mass is 10.1. The second-order valence-electron chi connectivity index (χ2n) is 4.46. The van der Waals surface area contributed by atoms with Crippen LogP contribution in [-0.2, 0) is 0 Å². The number of halogens is 1. The van der Waals surface area contributed by atoms with Gasteiger partial charge in [0.1, 0.15) is 5.82 Å². The van der Waals surface area contributed by atoms with E-state index >= 15 is 0 Å². The summed E-state index contributed by atoms with van der Waals surface area (Å²) in [7, 11) is 0. The Labute approximate surface area is 119 Å². The Morgan fingerprint density at radius 1 is 1.11 bits per heavy atom. The van der Waals surface area contributed by atoms with Crippen LogP contribution in [-0.4, -0.2) is 11.8 Å². The molecule has 0 saturated heterocycles. The molecule has 5 heteroatoms. The molecule has 0 saturated carbocycles. The van der Waals surface area contributed by atoms with Crippen LogP contribution in [0.3, 0.4) is 0 Å². The number of benzene rings is 1. The van der Waals surface area contributed by atoms with Crippen molar-refractivity contribution in [2.75, 3.05) is 12.1 Å². The van der Waals surface area contributed by atoms with Gasteiger partial charge in [0.25, 0.3) is 0 Å². The molecule has 0 atom stereocenters. The molecule has 1 N–H and O–H groups in total. The van der Waals surface area contributed by atoms with E-state index in [9.17, 15) is 0 Å². The van der Waals surface area contributed by atoms with Gasteiger partial charge in [-0.1, -0.05) is 0 Å². The molecule has 0 fully saturated rings. The maximum Gasteiger partial charge on any atom is 0.231 e. The van der Waals surface area contributed by atoms with Gasteiger partial charge in [0.2, 0.25) is 6.79 Å². The SMILES string of the molecule is Cc1cc(Nc2cc3c(cc2C)OCO3)ncc1Br. The van der Waals surface area contributed by atoms with Crippen molar-refractivity contribution in [1.29, 1.82) is 0 Å². The van der Waals surface area contributed by atoms with Crippen molar-refractivity contribution in [1.82, 2.24) is 4.98 Å². The number of pyridine rings is 1. The first-order chi connectivity index (χ1) is 9.13. The van der Waals surface area contributed by atoms with Gasteiger partial charge >= 0.3 is 0 Å². The van der Waals surface area contributed by atoms with E-state index in [1.165, 1.54) is 0 Å². The fourth-order valence-corrected chi connectivity index (χ4v) is 2.14. The van der Waals surface area contributed by atoms with Crippen molar-refractivity contribution in [3.05, 3.63) is 40.0 Å². The number of hydrogen-bond acceptors (Lipinski definition) is 4. The molecular formula is C14H13BrN2O2. The van der Waals surface area contributed by atoms with E-state index in [0.29, 0.717) is 0 Å². The van der Waals surface area contributed by atoms with Gasteiger partial charge in [-0.15, -0.1) is 0 Å². The van der Waals surface area contributed by atoms with Gasteiger partial charge in [0.15, 0.2) is 11.5 Å². The van der Waals surface area contributed by atoms with Crippen molar-refractivity contribution in [3.8, 4) is 11.5 Å². The molecule has 1 aromatic carbocycles. The highest BCUT2D eigenvalue weighted by Gasteiger charge is 2.15. The van der Waals surface area contributed by atoms with E-state index in [4.69, 9.17) is 9.47 Å². The van der Waals surface area contributed by atoms with Gasteiger partial charge < -0.3 is 14.8 Å². The molecule has 4 nitrogen and oxygen atoms in total. The molecule has 0 spiro atoms. The molecule has 2 heterocycles. The first-order valence-corrected chi connectivity index (χ1v) is 6.72. The number of anilines is 2. The van der Waals surface area contributed by atoms with Gasteiger partial charge in [-0.3, -0.25) is 0 Å². The third kappa shape index (κ3) is 2.38. The lowest BCUT2D eigenvalue weighted by molar-refractivity contribution is 0.174. The highest BCUT2D eigenvalue weighted by Crippen LogP contribution is 2.37. The molecule has 19 heavy (non-hydrogen) atoms. The summed E-state index contributed by atoms with van der Waals surface area (Å²) in [6.07, 6.45) is 1.79. The Bertz CT molecular complexity index is 644. The predicted molar refractivity (Wildman–Crippen MR) is 77.3 cm³/mol. The molecule has 0 radical (unpaired) electrons. The van der Waals surface area contributed by atoms with Crippen LogP contribution in [0.1, 0.15) is 11.1 Å². The number of aromatic nitrogens is 1. The van der Waals surface area contributed by atoms with Gasteiger partial charge in [-0.2, -0.15) is 0 Å². The number of nitrogens with one attached hydrogen (secondary N) is 1. The van der Waals surface area contributed by atoms with Gasteiger partial charge in [-0.25, -0.2) is 4.98 Å². The number of ether oxygens (including phenoxy) is 2. The number of hydrogen-bond donors (Lipinski definition) is 1. The zero-order chi connectivity index (χ0) is 13.4. The molecule has 1 aliphatic rings. The number of aryl methyl sites for hydroxylation is 2. The van der Waals surface area contributed by atoms with Gasteiger partial charge in [0, 0.05) is 22.4 Å². The second-order valence-corrected chi connectivity index (χ2v) is 5.32. The van der Waals surface area contributed by atoms with Crippen LogP contribution >= 0.6 is 15.9 Å². The summed E-state index contributed by atoms with van der Waals surface area (Å²) in [5.74, 6) is 2.37. The Balaban J connectivity index is 1.92. The molecule has 0 unspecified atom stereocenters. The van der Waals surface area contributed by atoms with Crippen LogP contribution in [0.5, 0.6) is 11.5 Å². The quantitative estimate of drug-likeness (QED) is 0.910. The second kappa shape index (κ2) is 4.74. The Morgan fingerprint density at radius 3 is 2.58 bits per heavy atom. The molecule has 2 aromatic rings. The summed E-state index contributed by atoms with van der Waals surface area (Å²) >= 11 is 3.44. The van der Waals surface area contributed by atoms with Crippen molar-refractivity contribution >= 4 is 27.4 Å². The number of nitrogens with zero attached hydrogens (tertiary/aromatic N) is 1. The maximum absolute atomic E-state index is 5.38. The summed E-state index contributed by atoms with van der Waals surface area (Å²) in [5, 5.41) is 3.30. The molecule has 1 aromatic heterocycles. The Kier molecular flexibility index (Phi) is 3.06. The van der Waals surface area contributed by atoms with Crippen molar-refractivity contribution in [2.45, 2.75) is 13.8 Å². The summed E-state index contributed by atoms with van der Waals surface area (Å²) in [6, 6.07) is 5.90. The van der Waals surface area contributed by atoms with E-state index in [1.807, 2.05) is 32.0 Å². The molecule has 98 valence electrons. The normalized spacial score (nSPS) is 12.6. The zero-order valence-corrected chi connectivity index (χ0v) is 12.2. The van der Waals surface area contributed by atoms with Crippen LogP contribution in [0.15, 0.2) is 28.9 Å². The summed E-state index contributed by atoms with van der Waals surface area (Å²) < 4.78 is 11.7. The fourth-order valence-electron chi connectivity index (χ4n) is 1.92. The Hall–Kier alpha value is -1.75. The minimum Gasteiger partial charge on any atom is -0.454 e. The monoisotopic (exact) mass is 320 g/mol. The van der Waals surface area contributed by atoms with Crippen LogP contribution in [0.4, 0.5) is 11.5 Å². The first kappa shape index (κ1) is 12.3. The lowest BCUT2D eigenvalue weighted by Crippen LogP contribution is -1.96. The highest BCUT2D eigenvalue weighted by molar-refractivity contribution is 9.10. The standard InChI is InChI=1S/C14H13BrN2O2/c1-8-4-14(16-6-10(8)15)17-11-5-13-12(3-9(11)2)18-7-19-13/h3-6H,7H2,1-2H3,(H,16,17). The van der Waals surface area contributed by atoms with Crippen LogP contribution < -0.4 is 14.8 Å². The molecule has 0 bridgehead atoms. The minimum atomic E-state index is 0.286. The summed E-state index contributed by atoms with van der Waals surface area (Å²) in [5.41, 5.74) is 3.20. The predicted octanol–water partition coefficient (Wildman–Crippen LogP) is 3.93. The smallest absolute Gasteiger partial charge is 0.231 e. The third-order valence-corrected chi connectivity index (χ3v) is 3.86. The van der Waals surface area contributed by atoms with Crippen molar-refractivity contribution in [3.63, 3.8) is 0 Å². The molecule has 3 rings (SSSR count). The third-order valence-electron chi connectivity index (χ3n) is 3.03. The number of rotatable bonds is 2. The molecular weight excluding hydrogens is 308 g/mol. The highest BCUT2D eigenvalue weighted by atomic mass is 79.9. The largest absolute Gasteiger partial charge is 0.454 e. The molecule has 1 aliphatic heterocycles. The van der Waals surface area contributed by atoms with E-state index in [0.717, 1.165) is 38.6 Å². The van der Waals surface area contributed by atoms with Crippen molar-refractivity contribution in [2.24, 2.45) is 0 Å². The Morgan fingerprint density at radius 2 is 1.84 bits per heavy atom. The van der Waals surface area contributed by atoms with E-state index in [-0.39, 0.29) is 6.79 Å². The maximum atomic E-state index is 5.38. The molecule has 0 aliphatic carbocycles. The van der Waals surface area contributed by atoms with Crippen molar-refractivity contribution < 1.29 is 9.47 Å². The fraction of sp³-hybridized carbons (Fsp3) is 0.214. The topological polar surface area (TPSA) is 43.4 Å². The lowest BCUT2D eigenvalue weighted by Gasteiger charge is -2.11. The minimum absolute atomic E-state index is 0.286. The molecule has 0 amide bonds. The van der Waals surface area contributed by atoms with Crippen LogP contribution in [0.25, 0.3) is 0 Å². The summed E-state index contributed by atoms with van der Waals surface area (Å²) in [4.78, 5) is 4.34. The van der Waals surface area contributed by atoms with Gasteiger partial charge in [0.05, 0.1) is 0 Å². The van der Waals surface area contributed by atoms with Gasteiger partial charge in [-0.05, 0) is 53.0 Å². The first-order valence-electron chi connectivity index (χ1n) is 5.93. The zero-order valence-electron chi connectivity index (χ0n) is 10.7.